The minimum atomic E-state index is -0.719. The van der Waals surface area contributed by atoms with Crippen molar-refractivity contribution in [2.24, 2.45) is 0 Å². The Morgan fingerprint density at radius 2 is 2.00 bits per heavy atom. The number of pyridine rings is 1. The molecule has 0 fully saturated rings. The van der Waals surface area contributed by atoms with Crippen LogP contribution in [0.25, 0.3) is 0 Å². The maximum Gasteiger partial charge on any atom is 0.318 e. The molecular weight excluding hydrogens is 290 g/mol. The number of rotatable bonds is 6. The molecule has 0 saturated heterocycles. The average molecular weight is 302 g/mol. The quantitative estimate of drug-likeness (QED) is 0.353. The fourth-order valence-corrected chi connectivity index (χ4v) is 1.80. The largest absolute Gasteiger partial charge is 0.444 e. The summed E-state index contributed by atoms with van der Waals surface area (Å²) in [6.07, 6.45) is 5.13. The Morgan fingerprint density at radius 3 is 2.64 bits per heavy atom. The molecule has 0 aliphatic rings. The molecule has 0 saturated carbocycles. The van der Waals surface area contributed by atoms with Gasteiger partial charge in [0.25, 0.3) is 5.69 Å². The highest BCUT2D eigenvalue weighted by molar-refractivity contribution is 5.54. The zero-order valence-corrected chi connectivity index (χ0v) is 11.4. The zero-order valence-electron chi connectivity index (χ0n) is 11.4. The average Bonchev–Trinajstić information content (AvgIpc) is 2.48. The summed E-state index contributed by atoms with van der Waals surface area (Å²) < 4.78 is 7.25. The number of ether oxygens (including phenoxy) is 1. The summed E-state index contributed by atoms with van der Waals surface area (Å²) in [5, 5.41) is 21.7. The van der Waals surface area contributed by atoms with Crippen LogP contribution in [0, 0.1) is 20.2 Å². The number of non-ortho nitro benzene ring substituents is 1. The predicted octanol–water partition coefficient (Wildman–Crippen LogP) is 2.77. The lowest BCUT2D eigenvalue weighted by molar-refractivity contribution is -0.687. The number of hydrogen-bond acceptors (Lipinski definition) is 5. The van der Waals surface area contributed by atoms with Crippen LogP contribution in [0.3, 0.4) is 0 Å². The van der Waals surface area contributed by atoms with E-state index in [1.165, 1.54) is 6.07 Å². The number of benzene rings is 1. The van der Waals surface area contributed by atoms with Gasteiger partial charge in [-0.3, -0.25) is 20.2 Å². The lowest BCUT2D eigenvalue weighted by Gasteiger charge is -2.05. The van der Waals surface area contributed by atoms with Crippen molar-refractivity contribution in [2.75, 3.05) is 0 Å². The number of nitro groups is 2. The topological polar surface area (TPSA) is 99.4 Å². The molecule has 0 aliphatic carbocycles. The van der Waals surface area contributed by atoms with Crippen molar-refractivity contribution in [3.05, 3.63) is 75.6 Å². The Bertz CT molecular complexity index is 745. The van der Waals surface area contributed by atoms with Gasteiger partial charge in [0.1, 0.15) is 0 Å². The molecular formula is C14H12N3O5+. The second-order valence-electron chi connectivity index (χ2n) is 4.29. The first-order valence-corrected chi connectivity index (χ1v) is 6.22. The predicted molar refractivity (Wildman–Crippen MR) is 76.7 cm³/mol. The SMILES string of the molecule is C=CC[n+]1cccc(Oc2ccc([N+](=O)[O-])cc2[N+](=O)[O-])c1. The van der Waals surface area contributed by atoms with Gasteiger partial charge in [-0.1, -0.05) is 6.58 Å². The highest BCUT2D eigenvalue weighted by atomic mass is 16.6. The monoisotopic (exact) mass is 302 g/mol. The van der Waals surface area contributed by atoms with E-state index in [1.54, 1.807) is 35.2 Å². The van der Waals surface area contributed by atoms with E-state index in [-0.39, 0.29) is 11.4 Å². The second kappa shape index (κ2) is 6.44. The second-order valence-corrected chi connectivity index (χ2v) is 4.29. The number of nitro benzene ring substituents is 2. The first kappa shape index (κ1) is 15.1. The summed E-state index contributed by atoms with van der Waals surface area (Å²) in [5.74, 6) is 0.313. The van der Waals surface area contributed by atoms with Crippen LogP contribution in [0.4, 0.5) is 11.4 Å². The highest BCUT2D eigenvalue weighted by Crippen LogP contribution is 2.33. The van der Waals surface area contributed by atoms with Gasteiger partial charge in [-0.15, -0.1) is 0 Å². The smallest absolute Gasteiger partial charge is 0.318 e. The maximum absolute atomic E-state index is 11.0. The third-order valence-electron chi connectivity index (χ3n) is 2.75. The van der Waals surface area contributed by atoms with Gasteiger partial charge < -0.3 is 4.74 Å². The molecule has 0 bridgehead atoms. The zero-order chi connectivity index (χ0) is 16.1. The van der Waals surface area contributed by atoms with E-state index in [4.69, 9.17) is 4.74 Å². The van der Waals surface area contributed by atoms with Gasteiger partial charge in [0, 0.05) is 12.1 Å². The number of hydrogen-bond donors (Lipinski definition) is 0. The van der Waals surface area contributed by atoms with Crippen molar-refractivity contribution in [3.8, 4) is 11.5 Å². The fraction of sp³-hybridized carbons (Fsp3) is 0.0714. The molecule has 0 N–H and O–H groups in total. The van der Waals surface area contributed by atoms with E-state index in [2.05, 4.69) is 6.58 Å². The lowest BCUT2D eigenvalue weighted by Crippen LogP contribution is -2.31. The number of nitrogens with zero attached hydrogens (tertiary/aromatic N) is 3. The molecule has 22 heavy (non-hydrogen) atoms. The fourth-order valence-electron chi connectivity index (χ4n) is 1.80. The summed E-state index contributed by atoms with van der Waals surface area (Å²) in [7, 11) is 0. The van der Waals surface area contributed by atoms with Gasteiger partial charge in [0.2, 0.25) is 11.9 Å². The van der Waals surface area contributed by atoms with Crippen LogP contribution in [0.15, 0.2) is 55.4 Å². The summed E-state index contributed by atoms with van der Waals surface area (Å²) in [6.45, 7) is 4.17. The van der Waals surface area contributed by atoms with Gasteiger partial charge in [-0.05, 0) is 18.2 Å². The van der Waals surface area contributed by atoms with Crippen molar-refractivity contribution in [2.45, 2.75) is 6.54 Å². The maximum atomic E-state index is 11.0. The van der Waals surface area contributed by atoms with E-state index in [0.29, 0.717) is 12.3 Å². The molecule has 1 aromatic heterocycles. The van der Waals surface area contributed by atoms with E-state index in [1.807, 2.05) is 0 Å². The summed E-state index contributed by atoms with van der Waals surface area (Å²) in [4.78, 5) is 20.3. The third kappa shape index (κ3) is 3.42. The molecule has 1 aromatic carbocycles. The van der Waals surface area contributed by atoms with Crippen LogP contribution in [0.5, 0.6) is 11.5 Å². The summed E-state index contributed by atoms with van der Waals surface area (Å²) >= 11 is 0. The van der Waals surface area contributed by atoms with E-state index < -0.39 is 15.5 Å². The molecule has 0 radical (unpaired) electrons. The van der Waals surface area contributed by atoms with Crippen LogP contribution in [0.2, 0.25) is 0 Å². The molecule has 1 heterocycles. The molecule has 0 aliphatic heterocycles. The van der Waals surface area contributed by atoms with E-state index >= 15 is 0 Å². The van der Waals surface area contributed by atoms with Crippen LogP contribution >= 0.6 is 0 Å². The first-order chi connectivity index (χ1) is 10.5. The summed E-state index contributed by atoms with van der Waals surface area (Å²) in [6, 6.07) is 6.58. The Labute approximate surface area is 125 Å². The van der Waals surface area contributed by atoms with Crippen molar-refractivity contribution in [1.29, 1.82) is 0 Å². The Kier molecular flexibility index (Phi) is 4.42. The Morgan fingerprint density at radius 1 is 1.23 bits per heavy atom. The van der Waals surface area contributed by atoms with Gasteiger partial charge in [0.15, 0.2) is 18.5 Å². The van der Waals surface area contributed by atoms with E-state index in [9.17, 15) is 20.2 Å². The molecule has 112 valence electrons. The third-order valence-corrected chi connectivity index (χ3v) is 2.75. The molecule has 8 heteroatoms. The van der Waals surface area contributed by atoms with Crippen LogP contribution in [-0.4, -0.2) is 9.85 Å². The minimum absolute atomic E-state index is 0.0630. The standard InChI is InChI=1S/C14H12N3O5/c1-2-7-15-8-3-4-12(10-15)22-14-6-5-11(16(18)19)9-13(14)17(20)21/h2-6,8-10H,1,7H2/q+1. The molecule has 0 spiro atoms. The molecule has 8 nitrogen and oxygen atoms in total. The van der Waals surface area contributed by atoms with Crippen LogP contribution < -0.4 is 9.30 Å². The van der Waals surface area contributed by atoms with Gasteiger partial charge in [-0.25, -0.2) is 0 Å². The lowest BCUT2D eigenvalue weighted by atomic mass is 10.2. The minimum Gasteiger partial charge on any atom is -0.444 e. The molecule has 0 unspecified atom stereocenters. The highest BCUT2D eigenvalue weighted by Gasteiger charge is 2.21. The van der Waals surface area contributed by atoms with Gasteiger partial charge >= 0.3 is 5.69 Å². The van der Waals surface area contributed by atoms with Gasteiger partial charge in [-0.2, -0.15) is 4.57 Å². The summed E-state index contributed by atoms with van der Waals surface area (Å²) in [5.41, 5.74) is -0.831. The first-order valence-electron chi connectivity index (χ1n) is 6.22. The Hall–Kier alpha value is -3.29. The molecule has 0 amide bonds. The molecule has 2 rings (SSSR count). The van der Waals surface area contributed by atoms with Crippen molar-refractivity contribution in [1.82, 2.24) is 0 Å². The van der Waals surface area contributed by atoms with Crippen molar-refractivity contribution in [3.63, 3.8) is 0 Å². The van der Waals surface area contributed by atoms with Crippen molar-refractivity contribution < 1.29 is 19.2 Å². The molecule has 0 atom stereocenters. The Balaban J connectivity index is 2.36. The van der Waals surface area contributed by atoms with Gasteiger partial charge in [0.05, 0.1) is 15.9 Å². The number of allylic oxidation sites excluding steroid dienone is 1. The van der Waals surface area contributed by atoms with E-state index in [0.717, 1.165) is 12.1 Å². The van der Waals surface area contributed by atoms with Crippen molar-refractivity contribution >= 4 is 11.4 Å². The number of aromatic nitrogens is 1. The normalized spacial score (nSPS) is 10.0. The molecule has 2 aromatic rings. The van der Waals surface area contributed by atoms with Crippen LogP contribution in [0.1, 0.15) is 0 Å². The van der Waals surface area contributed by atoms with Crippen LogP contribution in [-0.2, 0) is 6.54 Å².